The molecule has 2 aromatic rings. The first-order chi connectivity index (χ1) is 10.7. The first-order valence-corrected chi connectivity index (χ1v) is 7.80. The molecule has 0 bridgehead atoms. The molecule has 0 saturated heterocycles. The molecule has 0 aliphatic heterocycles. The van der Waals surface area contributed by atoms with Crippen molar-refractivity contribution >= 4 is 6.16 Å². The number of carboxylic acid groups (broad SMARTS) is 1. The van der Waals surface area contributed by atoms with Gasteiger partial charge in [-0.15, -0.1) is 0 Å². The summed E-state index contributed by atoms with van der Waals surface area (Å²) in [6.07, 6.45) is 4.15. The highest BCUT2D eigenvalue weighted by molar-refractivity contribution is 5.75. The Bertz CT molecular complexity index is 605. The van der Waals surface area contributed by atoms with E-state index >= 15 is 0 Å². The first-order valence-electron chi connectivity index (χ1n) is 7.80. The minimum Gasteiger partial charge on any atom is -0.449 e. The largest absolute Gasteiger partial charge is 0.511 e. The molecule has 0 amide bonds. The zero-order valence-corrected chi connectivity index (χ0v) is 12.9. The molecule has 0 aliphatic carbocycles. The number of hydrogen-bond acceptors (Lipinski definition) is 2. The molecule has 2 rings (SSSR count). The third-order valence-electron chi connectivity index (χ3n) is 3.67. The summed E-state index contributed by atoms with van der Waals surface area (Å²) in [5, 5.41) is 9.05. The third-order valence-corrected chi connectivity index (χ3v) is 3.67. The van der Waals surface area contributed by atoms with Crippen molar-refractivity contribution < 1.29 is 14.6 Å². The zero-order valence-electron chi connectivity index (χ0n) is 12.9. The molecule has 116 valence electrons. The standard InChI is InChI=1S/C19H22O3/c1-2-3-4-6-12-16-13-9-14-17(18(16)22-19(20)21)15-10-7-5-8-11-15/h5,7-11,13-14H,2-4,6,12H2,1H3,(H,20,21). The Hall–Kier alpha value is -2.29. The van der Waals surface area contributed by atoms with Gasteiger partial charge in [0.2, 0.25) is 0 Å². The highest BCUT2D eigenvalue weighted by Crippen LogP contribution is 2.34. The average Bonchev–Trinajstić information content (AvgIpc) is 2.53. The van der Waals surface area contributed by atoms with E-state index < -0.39 is 6.16 Å². The van der Waals surface area contributed by atoms with Crippen LogP contribution in [0, 0.1) is 0 Å². The molecule has 0 radical (unpaired) electrons. The van der Waals surface area contributed by atoms with Crippen molar-refractivity contribution in [2.24, 2.45) is 0 Å². The highest BCUT2D eigenvalue weighted by atomic mass is 16.7. The van der Waals surface area contributed by atoms with Crippen molar-refractivity contribution in [3.8, 4) is 16.9 Å². The van der Waals surface area contributed by atoms with E-state index in [1.165, 1.54) is 12.8 Å². The van der Waals surface area contributed by atoms with Gasteiger partial charge in [-0.05, 0) is 24.0 Å². The second-order valence-electron chi connectivity index (χ2n) is 5.34. The van der Waals surface area contributed by atoms with E-state index in [0.29, 0.717) is 5.75 Å². The molecule has 0 aliphatic rings. The number of rotatable bonds is 7. The lowest BCUT2D eigenvalue weighted by molar-refractivity contribution is 0.144. The van der Waals surface area contributed by atoms with Crippen molar-refractivity contribution in [1.29, 1.82) is 0 Å². The number of hydrogen-bond donors (Lipinski definition) is 1. The summed E-state index contributed by atoms with van der Waals surface area (Å²) in [7, 11) is 0. The van der Waals surface area contributed by atoms with Crippen molar-refractivity contribution in [1.82, 2.24) is 0 Å². The quantitative estimate of drug-likeness (QED) is 0.415. The lowest BCUT2D eigenvalue weighted by atomic mass is 9.98. The van der Waals surface area contributed by atoms with Gasteiger partial charge in [0, 0.05) is 5.56 Å². The number of unbranched alkanes of at least 4 members (excludes halogenated alkanes) is 3. The van der Waals surface area contributed by atoms with Crippen LogP contribution in [0.2, 0.25) is 0 Å². The minimum absolute atomic E-state index is 0.470. The Labute approximate surface area is 131 Å². The molecule has 0 unspecified atom stereocenters. The zero-order chi connectivity index (χ0) is 15.8. The van der Waals surface area contributed by atoms with Crippen LogP contribution in [0.5, 0.6) is 5.75 Å². The Morgan fingerprint density at radius 1 is 1.00 bits per heavy atom. The van der Waals surface area contributed by atoms with Gasteiger partial charge in [-0.3, -0.25) is 0 Å². The summed E-state index contributed by atoms with van der Waals surface area (Å²) in [6, 6.07) is 15.6. The number of aryl methyl sites for hydroxylation is 1. The number of benzene rings is 2. The van der Waals surface area contributed by atoms with Gasteiger partial charge >= 0.3 is 6.16 Å². The van der Waals surface area contributed by atoms with Gasteiger partial charge in [0.1, 0.15) is 5.75 Å². The second-order valence-corrected chi connectivity index (χ2v) is 5.34. The maximum atomic E-state index is 11.1. The molecular formula is C19H22O3. The highest BCUT2D eigenvalue weighted by Gasteiger charge is 2.14. The summed E-state index contributed by atoms with van der Waals surface area (Å²) < 4.78 is 5.10. The fraction of sp³-hybridized carbons (Fsp3) is 0.316. The average molecular weight is 298 g/mol. The molecule has 22 heavy (non-hydrogen) atoms. The first kappa shape index (κ1) is 16.1. The van der Waals surface area contributed by atoms with Gasteiger partial charge in [-0.1, -0.05) is 74.7 Å². The van der Waals surface area contributed by atoms with Crippen LogP contribution < -0.4 is 4.74 Å². The maximum absolute atomic E-state index is 11.1. The van der Waals surface area contributed by atoms with E-state index in [0.717, 1.165) is 36.0 Å². The van der Waals surface area contributed by atoms with Gasteiger partial charge in [-0.25, -0.2) is 4.79 Å². The lowest BCUT2D eigenvalue weighted by Crippen LogP contribution is -2.07. The number of carbonyl (C=O) groups is 1. The van der Waals surface area contributed by atoms with Crippen molar-refractivity contribution in [2.75, 3.05) is 0 Å². The van der Waals surface area contributed by atoms with Crippen molar-refractivity contribution in [2.45, 2.75) is 39.0 Å². The molecule has 2 aromatic carbocycles. The molecule has 1 N–H and O–H groups in total. The fourth-order valence-corrected chi connectivity index (χ4v) is 2.58. The van der Waals surface area contributed by atoms with Gasteiger partial charge in [0.25, 0.3) is 0 Å². The molecule has 0 atom stereocenters. The van der Waals surface area contributed by atoms with E-state index in [4.69, 9.17) is 9.84 Å². The summed E-state index contributed by atoms with van der Waals surface area (Å²) in [5.74, 6) is 0.470. The predicted octanol–water partition coefficient (Wildman–Crippen LogP) is 5.53. The molecule has 0 aromatic heterocycles. The van der Waals surface area contributed by atoms with Crippen LogP contribution in [-0.4, -0.2) is 11.3 Å². The van der Waals surface area contributed by atoms with Gasteiger partial charge in [0.05, 0.1) is 0 Å². The lowest BCUT2D eigenvalue weighted by Gasteiger charge is -2.13. The summed E-state index contributed by atoms with van der Waals surface area (Å²) in [4.78, 5) is 11.1. The van der Waals surface area contributed by atoms with Crippen LogP contribution in [0.4, 0.5) is 4.79 Å². The predicted molar refractivity (Wildman–Crippen MR) is 88.4 cm³/mol. The van der Waals surface area contributed by atoms with E-state index in [-0.39, 0.29) is 0 Å². The molecule has 0 saturated carbocycles. The monoisotopic (exact) mass is 298 g/mol. The third kappa shape index (κ3) is 4.35. The van der Waals surface area contributed by atoms with Crippen molar-refractivity contribution in [3.05, 3.63) is 54.1 Å². The van der Waals surface area contributed by atoms with Gasteiger partial charge in [-0.2, -0.15) is 0 Å². The van der Waals surface area contributed by atoms with E-state index in [2.05, 4.69) is 6.92 Å². The Kier molecular flexibility index (Phi) is 6.01. The molecule has 0 spiro atoms. The second kappa shape index (κ2) is 8.23. The van der Waals surface area contributed by atoms with Crippen LogP contribution in [0.15, 0.2) is 48.5 Å². The molecular weight excluding hydrogens is 276 g/mol. The van der Waals surface area contributed by atoms with Crippen LogP contribution in [0.3, 0.4) is 0 Å². The minimum atomic E-state index is -1.27. The van der Waals surface area contributed by atoms with Crippen LogP contribution in [-0.2, 0) is 6.42 Å². The van der Waals surface area contributed by atoms with Crippen LogP contribution >= 0.6 is 0 Å². The van der Waals surface area contributed by atoms with Gasteiger partial charge in [0.15, 0.2) is 0 Å². The van der Waals surface area contributed by atoms with Crippen molar-refractivity contribution in [3.63, 3.8) is 0 Å². The van der Waals surface area contributed by atoms with E-state index in [1.807, 2.05) is 48.5 Å². The smallest absolute Gasteiger partial charge is 0.449 e. The fourth-order valence-electron chi connectivity index (χ4n) is 2.58. The Balaban J connectivity index is 2.30. The van der Waals surface area contributed by atoms with Crippen LogP contribution in [0.25, 0.3) is 11.1 Å². The summed E-state index contributed by atoms with van der Waals surface area (Å²) >= 11 is 0. The van der Waals surface area contributed by atoms with Gasteiger partial charge < -0.3 is 9.84 Å². The molecule has 0 fully saturated rings. The Morgan fingerprint density at radius 2 is 1.77 bits per heavy atom. The molecule has 3 heteroatoms. The topological polar surface area (TPSA) is 46.5 Å². The SMILES string of the molecule is CCCCCCc1cccc(-c2ccccc2)c1OC(=O)O. The maximum Gasteiger partial charge on any atom is 0.511 e. The molecule has 0 heterocycles. The van der Waals surface area contributed by atoms with E-state index in [9.17, 15) is 4.79 Å². The molecule has 3 nitrogen and oxygen atoms in total. The van der Waals surface area contributed by atoms with Crippen LogP contribution in [0.1, 0.15) is 38.2 Å². The number of para-hydroxylation sites is 1. The summed E-state index contributed by atoms with van der Waals surface area (Å²) in [5.41, 5.74) is 2.75. The number of ether oxygens (including phenoxy) is 1. The normalized spacial score (nSPS) is 10.4. The van der Waals surface area contributed by atoms with E-state index in [1.54, 1.807) is 0 Å². The summed E-state index contributed by atoms with van der Waals surface area (Å²) in [6.45, 7) is 2.18. The Morgan fingerprint density at radius 3 is 2.45 bits per heavy atom.